The highest BCUT2D eigenvalue weighted by molar-refractivity contribution is 5.02. The van der Waals surface area contributed by atoms with Crippen molar-refractivity contribution < 1.29 is 0 Å². The molecule has 4 bridgehead atoms. The summed E-state index contributed by atoms with van der Waals surface area (Å²) in [6.07, 6.45) is 12.7. The van der Waals surface area contributed by atoms with E-state index in [0.29, 0.717) is 0 Å². The van der Waals surface area contributed by atoms with Gasteiger partial charge in [-0.25, -0.2) is 0 Å². The SMILES string of the molecule is N#CC(CC1C2CC3CC(C2)CC1C3)N1CCCCC1. The number of hydrogen-bond donors (Lipinski definition) is 0. The molecular formula is C18H28N2. The van der Waals surface area contributed by atoms with Gasteiger partial charge in [0, 0.05) is 0 Å². The molecule has 1 saturated heterocycles. The smallest absolute Gasteiger partial charge is 0.0980 e. The fourth-order valence-corrected chi connectivity index (χ4v) is 6.19. The summed E-state index contributed by atoms with van der Waals surface area (Å²) in [6, 6.07) is 2.88. The summed E-state index contributed by atoms with van der Waals surface area (Å²) in [5, 5.41) is 9.64. The van der Waals surface area contributed by atoms with E-state index < -0.39 is 0 Å². The summed E-state index contributed by atoms with van der Waals surface area (Å²) in [5.74, 6) is 4.96. The minimum atomic E-state index is 0.220. The highest BCUT2D eigenvalue weighted by Gasteiger charge is 2.48. The van der Waals surface area contributed by atoms with E-state index in [1.165, 1.54) is 70.9 Å². The molecule has 0 N–H and O–H groups in total. The van der Waals surface area contributed by atoms with Crippen molar-refractivity contribution in [1.82, 2.24) is 4.90 Å². The van der Waals surface area contributed by atoms with Crippen LogP contribution in [0, 0.1) is 40.9 Å². The zero-order valence-electron chi connectivity index (χ0n) is 12.6. The van der Waals surface area contributed by atoms with Gasteiger partial charge in [0.2, 0.25) is 0 Å². The molecule has 110 valence electrons. The van der Waals surface area contributed by atoms with E-state index in [-0.39, 0.29) is 6.04 Å². The minimum Gasteiger partial charge on any atom is -0.288 e. The third-order valence-electron chi connectivity index (χ3n) is 6.90. The number of likely N-dealkylation sites (tertiary alicyclic amines) is 1. The first-order valence-corrected chi connectivity index (χ1v) is 8.97. The lowest BCUT2D eigenvalue weighted by Crippen LogP contribution is -2.48. The van der Waals surface area contributed by atoms with Crippen LogP contribution >= 0.6 is 0 Å². The Labute approximate surface area is 123 Å². The van der Waals surface area contributed by atoms with Crippen LogP contribution in [0.25, 0.3) is 0 Å². The highest BCUT2D eigenvalue weighted by atomic mass is 15.2. The standard InChI is InChI=1S/C18H28N2/c19-12-17(20-4-2-1-3-5-20)11-18-15-7-13-6-14(9-15)10-16(18)8-13/h13-18H,1-11H2. The summed E-state index contributed by atoms with van der Waals surface area (Å²) in [5.41, 5.74) is 0. The van der Waals surface area contributed by atoms with Crippen molar-refractivity contribution in [2.75, 3.05) is 13.1 Å². The van der Waals surface area contributed by atoms with Crippen molar-refractivity contribution in [1.29, 1.82) is 5.26 Å². The van der Waals surface area contributed by atoms with E-state index in [0.717, 1.165) is 29.6 Å². The molecule has 5 aliphatic rings. The molecule has 0 aromatic rings. The maximum Gasteiger partial charge on any atom is 0.0980 e. The van der Waals surface area contributed by atoms with Crippen LogP contribution in [0.5, 0.6) is 0 Å². The van der Waals surface area contributed by atoms with E-state index in [2.05, 4.69) is 11.0 Å². The van der Waals surface area contributed by atoms with Gasteiger partial charge < -0.3 is 0 Å². The molecule has 5 rings (SSSR count). The molecule has 2 heteroatoms. The molecule has 0 aromatic carbocycles. The van der Waals surface area contributed by atoms with Crippen molar-refractivity contribution >= 4 is 0 Å². The third kappa shape index (κ3) is 2.29. The average molecular weight is 272 g/mol. The van der Waals surface area contributed by atoms with E-state index in [1.54, 1.807) is 0 Å². The molecule has 4 saturated carbocycles. The molecule has 1 aliphatic heterocycles. The molecule has 2 nitrogen and oxygen atoms in total. The van der Waals surface area contributed by atoms with Crippen LogP contribution in [-0.2, 0) is 0 Å². The predicted octanol–water partition coefficient (Wildman–Crippen LogP) is 3.83. The lowest BCUT2D eigenvalue weighted by Gasteiger charge is -2.55. The lowest BCUT2D eigenvalue weighted by molar-refractivity contribution is -0.0468. The predicted molar refractivity (Wildman–Crippen MR) is 80.0 cm³/mol. The number of rotatable bonds is 3. The second kappa shape index (κ2) is 5.34. The summed E-state index contributed by atoms with van der Waals surface area (Å²) in [7, 11) is 0. The molecule has 1 heterocycles. The van der Waals surface area contributed by atoms with Crippen LogP contribution in [0.2, 0.25) is 0 Å². The van der Waals surface area contributed by atoms with Gasteiger partial charge >= 0.3 is 0 Å². The van der Waals surface area contributed by atoms with Crippen molar-refractivity contribution in [2.45, 2.75) is 63.8 Å². The van der Waals surface area contributed by atoms with Crippen molar-refractivity contribution in [3.05, 3.63) is 0 Å². The molecule has 20 heavy (non-hydrogen) atoms. The van der Waals surface area contributed by atoms with Gasteiger partial charge in [-0.15, -0.1) is 0 Å². The average Bonchev–Trinajstić information content (AvgIpc) is 2.47. The Morgan fingerprint density at radius 1 is 0.900 bits per heavy atom. The molecule has 0 aromatic heterocycles. The van der Waals surface area contributed by atoms with Crippen LogP contribution < -0.4 is 0 Å². The highest BCUT2D eigenvalue weighted by Crippen LogP contribution is 2.57. The van der Waals surface area contributed by atoms with Crippen LogP contribution in [0.3, 0.4) is 0 Å². The molecule has 0 radical (unpaired) electrons. The Kier molecular flexibility index (Phi) is 3.50. The van der Waals surface area contributed by atoms with Crippen LogP contribution in [0.4, 0.5) is 0 Å². The van der Waals surface area contributed by atoms with Gasteiger partial charge in [-0.3, -0.25) is 4.90 Å². The van der Waals surface area contributed by atoms with E-state index in [9.17, 15) is 5.26 Å². The van der Waals surface area contributed by atoms with Gasteiger partial charge in [0.25, 0.3) is 0 Å². The van der Waals surface area contributed by atoms with Gasteiger partial charge in [0.1, 0.15) is 0 Å². The van der Waals surface area contributed by atoms with Crippen molar-refractivity contribution in [3.63, 3.8) is 0 Å². The Morgan fingerprint density at radius 2 is 1.50 bits per heavy atom. The summed E-state index contributed by atoms with van der Waals surface area (Å²) in [6.45, 7) is 2.34. The first kappa shape index (κ1) is 13.1. The zero-order valence-corrected chi connectivity index (χ0v) is 12.6. The largest absolute Gasteiger partial charge is 0.288 e. The molecule has 5 fully saturated rings. The van der Waals surface area contributed by atoms with Gasteiger partial charge in [-0.05, 0) is 94.0 Å². The van der Waals surface area contributed by atoms with Crippen molar-refractivity contribution in [2.24, 2.45) is 29.6 Å². The maximum atomic E-state index is 9.64. The summed E-state index contributed by atoms with van der Waals surface area (Å²) in [4.78, 5) is 2.49. The van der Waals surface area contributed by atoms with Gasteiger partial charge in [-0.2, -0.15) is 5.26 Å². The molecule has 0 amide bonds. The van der Waals surface area contributed by atoms with Gasteiger partial charge in [0.05, 0.1) is 12.1 Å². The Hall–Kier alpha value is -0.550. The normalized spacial score (nSPS) is 45.2. The topological polar surface area (TPSA) is 27.0 Å². The van der Waals surface area contributed by atoms with Crippen LogP contribution in [0.1, 0.15) is 57.8 Å². The van der Waals surface area contributed by atoms with Crippen LogP contribution in [0.15, 0.2) is 0 Å². The lowest BCUT2D eigenvalue weighted by atomic mass is 9.51. The first-order chi connectivity index (χ1) is 9.83. The fourth-order valence-electron chi connectivity index (χ4n) is 6.19. The summed E-state index contributed by atoms with van der Waals surface area (Å²) < 4.78 is 0. The Bertz CT molecular complexity index is 363. The number of nitriles is 1. The van der Waals surface area contributed by atoms with Gasteiger partial charge in [0.15, 0.2) is 0 Å². The van der Waals surface area contributed by atoms with E-state index in [1.807, 2.05) is 0 Å². The molecule has 4 aliphatic carbocycles. The van der Waals surface area contributed by atoms with Crippen molar-refractivity contribution in [3.8, 4) is 6.07 Å². The number of piperidine rings is 1. The van der Waals surface area contributed by atoms with Crippen LogP contribution in [-0.4, -0.2) is 24.0 Å². The first-order valence-electron chi connectivity index (χ1n) is 8.97. The Balaban J connectivity index is 1.43. The monoisotopic (exact) mass is 272 g/mol. The second-order valence-corrected chi connectivity index (χ2v) is 8.07. The fraction of sp³-hybridized carbons (Fsp3) is 0.944. The third-order valence-corrected chi connectivity index (χ3v) is 6.90. The molecular weight excluding hydrogens is 244 g/mol. The molecule has 1 atom stereocenters. The number of hydrogen-bond acceptors (Lipinski definition) is 2. The second-order valence-electron chi connectivity index (χ2n) is 8.07. The Morgan fingerprint density at radius 3 is 2.05 bits per heavy atom. The maximum absolute atomic E-state index is 9.64. The quantitative estimate of drug-likeness (QED) is 0.781. The summed E-state index contributed by atoms with van der Waals surface area (Å²) >= 11 is 0. The van der Waals surface area contributed by atoms with E-state index in [4.69, 9.17) is 0 Å². The molecule has 1 unspecified atom stereocenters. The molecule has 0 spiro atoms. The zero-order chi connectivity index (χ0) is 13.5. The minimum absolute atomic E-state index is 0.220. The van der Waals surface area contributed by atoms with E-state index >= 15 is 0 Å². The van der Waals surface area contributed by atoms with Gasteiger partial charge in [-0.1, -0.05) is 6.42 Å². The number of nitrogens with zero attached hydrogens (tertiary/aromatic N) is 2.